The lowest BCUT2D eigenvalue weighted by Gasteiger charge is -2.44. The van der Waals surface area contributed by atoms with Crippen molar-refractivity contribution >= 4 is 28.9 Å². The van der Waals surface area contributed by atoms with Crippen molar-refractivity contribution in [2.45, 2.75) is 33.1 Å². The Balaban J connectivity index is 1.77. The van der Waals surface area contributed by atoms with Crippen LogP contribution in [0.5, 0.6) is 5.75 Å². The van der Waals surface area contributed by atoms with Gasteiger partial charge < -0.3 is 5.11 Å². The van der Waals surface area contributed by atoms with Crippen LogP contribution in [0.15, 0.2) is 12.1 Å². The molecular weight excluding hydrogens is 348 g/mol. The highest BCUT2D eigenvalue weighted by Gasteiger charge is 2.57. The molecule has 6 heteroatoms. The largest absolute Gasteiger partial charge is 0.507 e. The van der Waals surface area contributed by atoms with Gasteiger partial charge in [-0.1, -0.05) is 6.07 Å². The Morgan fingerprint density at radius 3 is 2.33 bits per heavy atom. The molecule has 140 valence electrons. The lowest BCUT2D eigenvalue weighted by Crippen LogP contribution is -2.55. The van der Waals surface area contributed by atoms with Gasteiger partial charge in [0.1, 0.15) is 17.5 Å². The third kappa shape index (κ3) is 2.42. The van der Waals surface area contributed by atoms with Gasteiger partial charge in [-0.05, 0) is 55.7 Å². The zero-order valence-corrected chi connectivity index (χ0v) is 15.2. The second-order valence-corrected chi connectivity index (χ2v) is 8.05. The van der Waals surface area contributed by atoms with E-state index in [1.165, 1.54) is 13.0 Å². The van der Waals surface area contributed by atoms with E-state index in [4.69, 9.17) is 0 Å². The summed E-state index contributed by atoms with van der Waals surface area (Å²) in [5.41, 5.74) is 1.78. The minimum atomic E-state index is -1.38. The van der Waals surface area contributed by atoms with Gasteiger partial charge in [-0.15, -0.1) is 0 Å². The van der Waals surface area contributed by atoms with Crippen LogP contribution in [0.3, 0.4) is 0 Å². The fraction of sp³-hybridized carbons (Fsp3) is 0.476. The Bertz CT molecular complexity index is 927. The SMILES string of the molecule is CC(=O)C1C(=O)CC2CC3Cc4c(C)ccc(O)c4C(=O)C3C(=O)C2C1=O. The number of phenols is 1. The van der Waals surface area contributed by atoms with Crippen molar-refractivity contribution < 1.29 is 29.1 Å². The summed E-state index contributed by atoms with van der Waals surface area (Å²) in [6.45, 7) is 3.03. The van der Waals surface area contributed by atoms with E-state index in [2.05, 4.69) is 0 Å². The van der Waals surface area contributed by atoms with E-state index in [0.717, 1.165) is 11.1 Å². The van der Waals surface area contributed by atoms with Crippen LogP contribution in [0.2, 0.25) is 0 Å². The van der Waals surface area contributed by atoms with Crippen molar-refractivity contribution in [1.82, 2.24) is 0 Å². The normalized spacial score (nSPS) is 32.6. The molecule has 2 saturated carbocycles. The van der Waals surface area contributed by atoms with Crippen LogP contribution in [-0.4, -0.2) is 34.0 Å². The maximum absolute atomic E-state index is 13.1. The number of carbonyl (C=O) groups is 5. The second kappa shape index (κ2) is 5.94. The van der Waals surface area contributed by atoms with Gasteiger partial charge in [0.25, 0.3) is 0 Å². The first-order valence-corrected chi connectivity index (χ1v) is 9.18. The van der Waals surface area contributed by atoms with Crippen molar-refractivity contribution in [1.29, 1.82) is 0 Å². The summed E-state index contributed by atoms with van der Waals surface area (Å²) in [6.07, 6.45) is 0.901. The van der Waals surface area contributed by atoms with Gasteiger partial charge in [0.15, 0.2) is 23.1 Å². The van der Waals surface area contributed by atoms with E-state index in [0.29, 0.717) is 12.8 Å². The molecule has 4 rings (SSSR count). The molecule has 0 aliphatic heterocycles. The summed E-state index contributed by atoms with van der Waals surface area (Å²) in [5, 5.41) is 10.2. The van der Waals surface area contributed by atoms with Crippen LogP contribution in [0.1, 0.15) is 41.3 Å². The van der Waals surface area contributed by atoms with E-state index in [-0.39, 0.29) is 23.7 Å². The molecule has 0 radical (unpaired) electrons. The van der Waals surface area contributed by atoms with E-state index in [9.17, 15) is 29.1 Å². The lowest BCUT2D eigenvalue weighted by molar-refractivity contribution is -0.152. The third-order valence-electron chi connectivity index (χ3n) is 6.46. The molecule has 0 bridgehead atoms. The molecule has 5 unspecified atom stereocenters. The number of aromatic hydroxyl groups is 1. The molecule has 1 aromatic rings. The second-order valence-electron chi connectivity index (χ2n) is 8.05. The Kier molecular flexibility index (Phi) is 3.91. The highest BCUT2D eigenvalue weighted by atomic mass is 16.3. The Hall–Kier alpha value is -2.63. The molecule has 0 spiro atoms. The highest BCUT2D eigenvalue weighted by Crippen LogP contribution is 2.48. The van der Waals surface area contributed by atoms with E-state index in [1.54, 1.807) is 6.07 Å². The first-order chi connectivity index (χ1) is 12.7. The summed E-state index contributed by atoms with van der Waals surface area (Å²) < 4.78 is 0. The maximum Gasteiger partial charge on any atom is 0.177 e. The van der Waals surface area contributed by atoms with Gasteiger partial charge >= 0.3 is 0 Å². The number of hydrogen-bond donors (Lipinski definition) is 1. The van der Waals surface area contributed by atoms with Crippen LogP contribution < -0.4 is 0 Å². The number of carbonyl (C=O) groups excluding carboxylic acids is 5. The summed E-state index contributed by atoms with van der Waals surface area (Å²) in [7, 11) is 0. The smallest absolute Gasteiger partial charge is 0.177 e. The van der Waals surface area contributed by atoms with Crippen LogP contribution in [0.25, 0.3) is 0 Å². The van der Waals surface area contributed by atoms with E-state index < -0.39 is 52.6 Å². The predicted molar refractivity (Wildman–Crippen MR) is 93.3 cm³/mol. The zero-order chi connectivity index (χ0) is 19.6. The van der Waals surface area contributed by atoms with Gasteiger partial charge in [-0.3, -0.25) is 24.0 Å². The number of fused-ring (bicyclic) bond motifs is 3. The van der Waals surface area contributed by atoms with Crippen LogP contribution in [0, 0.1) is 36.5 Å². The fourth-order valence-electron chi connectivity index (χ4n) is 5.27. The zero-order valence-electron chi connectivity index (χ0n) is 15.2. The molecule has 0 amide bonds. The average Bonchev–Trinajstić information content (AvgIpc) is 2.57. The number of benzene rings is 1. The van der Waals surface area contributed by atoms with Crippen LogP contribution in [-0.2, 0) is 25.6 Å². The first-order valence-electron chi connectivity index (χ1n) is 9.18. The molecule has 0 heterocycles. The van der Waals surface area contributed by atoms with E-state index in [1.807, 2.05) is 6.92 Å². The lowest BCUT2D eigenvalue weighted by atomic mass is 9.55. The van der Waals surface area contributed by atoms with Gasteiger partial charge in [0.05, 0.1) is 17.4 Å². The summed E-state index contributed by atoms with van der Waals surface area (Å²) in [6, 6.07) is 3.18. The monoisotopic (exact) mass is 368 g/mol. The molecule has 1 aromatic carbocycles. The average molecular weight is 368 g/mol. The Morgan fingerprint density at radius 2 is 1.67 bits per heavy atom. The van der Waals surface area contributed by atoms with Crippen LogP contribution in [0.4, 0.5) is 0 Å². The topological polar surface area (TPSA) is 106 Å². The number of rotatable bonds is 1. The van der Waals surface area contributed by atoms with Gasteiger partial charge in [0, 0.05) is 6.42 Å². The molecule has 1 N–H and O–H groups in total. The first kappa shape index (κ1) is 17.8. The molecule has 27 heavy (non-hydrogen) atoms. The fourth-order valence-corrected chi connectivity index (χ4v) is 5.27. The van der Waals surface area contributed by atoms with Gasteiger partial charge in [-0.2, -0.15) is 0 Å². The van der Waals surface area contributed by atoms with Crippen molar-refractivity contribution in [3.8, 4) is 5.75 Å². The predicted octanol–water partition coefficient (Wildman–Crippen LogP) is 1.62. The van der Waals surface area contributed by atoms with Crippen LogP contribution >= 0.6 is 0 Å². The molecule has 6 nitrogen and oxygen atoms in total. The molecule has 0 aromatic heterocycles. The Labute approximate surface area is 155 Å². The van der Waals surface area contributed by atoms with Gasteiger partial charge in [0.2, 0.25) is 0 Å². The molecule has 5 atom stereocenters. The third-order valence-corrected chi connectivity index (χ3v) is 6.46. The maximum atomic E-state index is 13.1. The summed E-state index contributed by atoms with van der Waals surface area (Å²) >= 11 is 0. The Morgan fingerprint density at radius 1 is 1.00 bits per heavy atom. The standard InChI is InChI=1S/C21H20O6/c1-8-3-4-13(23)18-12(8)6-10-5-11-7-14(24)15(9(2)22)19(25)17(11)20(26)16(10)21(18)27/h3-4,10-11,15-17,23H,5-7H2,1-2H3. The highest BCUT2D eigenvalue weighted by molar-refractivity contribution is 6.27. The molecular formula is C21H20O6. The molecule has 2 fully saturated rings. The number of aryl methyl sites for hydroxylation is 1. The van der Waals surface area contributed by atoms with Crippen molar-refractivity contribution in [3.63, 3.8) is 0 Å². The molecule has 3 aliphatic carbocycles. The van der Waals surface area contributed by atoms with Gasteiger partial charge in [-0.25, -0.2) is 0 Å². The summed E-state index contributed by atoms with van der Waals surface area (Å²) in [5.74, 6) is -6.88. The van der Waals surface area contributed by atoms with E-state index >= 15 is 0 Å². The number of phenolic OH excluding ortho intramolecular Hbond substituents is 1. The number of hydrogen-bond acceptors (Lipinski definition) is 6. The minimum absolute atomic E-state index is 0.0235. The number of ketones is 5. The van der Waals surface area contributed by atoms with Crippen molar-refractivity contribution in [3.05, 3.63) is 28.8 Å². The van der Waals surface area contributed by atoms with Crippen molar-refractivity contribution in [2.75, 3.05) is 0 Å². The quantitative estimate of drug-likeness (QED) is 0.755. The minimum Gasteiger partial charge on any atom is -0.507 e. The molecule has 3 aliphatic rings. The molecule has 0 saturated heterocycles. The summed E-state index contributed by atoms with van der Waals surface area (Å²) in [4.78, 5) is 63.0. The van der Waals surface area contributed by atoms with Crippen molar-refractivity contribution in [2.24, 2.45) is 29.6 Å². The number of Topliss-reactive ketones (excluding diaryl/α,β-unsaturated/α-hetero) is 5.